The molecule has 2 N–H and O–H groups in total. The van der Waals surface area contributed by atoms with Crippen molar-refractivity contribution in [2.24, 2.45) is 0 Å². The van der Waals surface area contributed by atoms with Crippen LogP contribution >= 0.6 is 45.5 Å². The lowest BCUT2D eigenvalue weighted by Gasteiger charge is -2.10. The predicted octanol–water partition coefficient (Wildman–Crippen LogP) is 3.53. The van der Waals surface area contributed by atoms with Gasteiger partial charge in [-0.25, -0.2) is 8.42 Å². The minimum absolute atomic E-state index is 0.284. The number of thiophene rings is 1. The smallest absolute Gasteiger partial charge is 0.263 e. The van der Waals surface area contributed by atoms with Crippen molar-refractivity contribution in [1.82, 2.24) is 5.32 Å². The van der Waals surface area contributed by atoms with Gasteiger partial charge < -0.3 is 5.32 Å². The van der Waals surface area contributed by atoms with Crippen LogP contribution in [0, 0.1) is 3.57 Å². The van der Waals surface area contributed by atoms with Crippen molar-refractivity contribution >= 4 is 61.2 Å². The summed E-state index contributed by atoms with van der Waals surface area (Å²) in [5.41, 5.74) is 0.383. The van der Waals surface area contributed by atoms with Crippen LogP contribution in [0.4, 0.5) is 5.69 Å². The lowest BCUT2D eigenvalue weighted by atomic mass is 10.3. The van der Waals surface area contributed by atoms with Crippen LogP contribution < -0.4 is 10.0 Å². The molecule has 0 unspecified atom stereocenters. The van der Waals surface area contributed by atoms with E-state index in [0.717, 1.165) is 8.45 Å². The van der Waals surface area contributed by atoms with Gasteiger partial charge in [-0.3, -0.25) is 4.72 Å². The van der Waals surface area contributed by atoms with E-state index < -0.39 is 10.0 Å². The molecule has 0 aliphatic heterocycles. The summed E-state index contributed by atoms with van der Waals surface area (Å²) in [4.78, 5) is 1.05. The lowest BCUT2D eigenvalue weighted by molar-refractivity contribution is 0.600. The molecule has 0 bridgehead atoms. The number of sulfonamides is 1. The average Bonchev–Trinajstić information content (AvgIpc) is 2.82. The first-order valence-corrected chi connectivity index (χ1v) is 9.45. The number of anilines is 1. The lowest BCUT2D eigenvalue weighted by Crippen LogP contribution is -2.16. The first-order chi connectivity index (χ1) is 9.44. The summed E-state index contributed by atoms with van der Waals surface area (Å²) >= 11 is 9.58. The highest BCUT2D eigenvalue weighted by Gasteiger charge is 2.20. The zero-order valence-corrected chi connectivity index (χ0v) is 15.0. The molecule has 0 saturated carbocycles. The van der Waals surface area contributed by atoms with Gasteiger partial charge in [-0.05, 0) is 59.3 Å². The highest BCUT2D eigenvalue weighted by atomic mass is 127. The summed E-state index contributed by atoms with van der Waals surface area (Å²) in [6.07, 6.45) is 0. The maximum absolute atomic E-state index is 12.4. The van der Waals surface area contributed by atoms with Crippen molar-refractivity contribution in [3.63, 3.8) is 0 Å². The molecule has 0 amide bonds. The van der Waals surface area contributed by atoms with Crippen LogP contribution in [0.15, 0.2) is 34.5 Å². The molecule has 4 nitrogen and oxygen atoms in total. The Morgan fingerprint density at radius 1 is 1.35 bits per heavy atom. The maximum atomic E-state index is 12.4. The molecular weight excluding hydrogens is 431 g/mol. The quantitative estimate of drug-likeness (QED) is 0.697. The molecule has 0 aliphatic carbocycles. The molecule has 2 aromatic rings. The van der Waals surface area contributed by atoms with E-state index in [4.69, 9.17) is 11.6 Å². The zero-order valence-electron chi connectivity index (χ0n) is 10.5. The van der Waals surface area contributed by atoms with Crippen LogP contribution in [0.1, 0.15) is 4.88 Å². The van der Waals surface area contributed by atoms with E-state index in [0.29, 0.717) is 17.3 Å². The molecule has 0 fully saturated rings. The Labute approximate surface area is 140 Å². The highest BCUT2D eigenvalue weighted by molar-refractivity contribution is 14.1. The molecule has 1 aromatic heterocycles. The Morgan fingerprint density at radius 3 is 2.75 bits per heavy atom. The van der Waals surface area contributed by atoms with Crippen molar-refractivity contribution in [3.8, 4) is 0 Å². The number of hydrogen-bond donors (Lipinski definition) is 2. The summed E-state index contributed by atoms with van der Waals surface area (Å²) in [5, 5.41) is 5.10. The fourth-order valence-corrected chi connectivity index (χ4v) is 5.13. The summed E-state index contributed by atoms with van der Waals surface area (Å²) in [5.74, 6) is 0. The molecule has 2 rings (SSSR count). The van der Waals surface area contributed by atoms with Crippen LogP contribution in [0.5, 0.6) is 0 Å². The molecule has 108 valence electrons. The Kier molecular flexibility index (Phi) is 5.30. The third-order valence-electron chi connectivity index (χ3n) is 2.51. The number of hydrogen-bond acceptors (Lipinski definition) is 4. The van der Waals surface area contributed by atoms with Gasteiger partial charge in [0, 0.05) is 15.0 Å². The normalized spacial score (nSPS) is 11.6. The standard InChI is InChI=1S/C12H12ClIN2O2S2/c1-15-7-11-12(4-5-19-11)20(17,18)16-10-3-2-8(14)6-9(10)13/h2-6,15-16H,7H2,1H3. The number of halogens is 2. The van der Waals surface area contributed by atoms with Crippen LogP contribution in [-0.4, -0.2) is 15.5 Å². The Balaban J connectivity index is 2.33. The molecule has 0 saturated heterocycles. The van der Waals surface area contributed by atoms with Gasteiger partial charge in [-0.2, -0.15) is 0 Å². The van der Waals surface area contributed by atoms with E-state index in [2.05, 4.69) is 32.6 Å². The van der Waals surface area contributed by atoms with Crippen LogP contribution in [0.3, 0.4) is 0 Å². The first-order valence-electron chi connectivity index (χ1n) is 5.63. The summed E-state index contributed by atoms with van der Waals surface area (Å²) < 4.78 is 28.3. The third kappa shape index (κ3) is 3.64. The van der Waals surface area contributed by atoms with Gasteiger partial charge >= 0.3 is 0 Å². The number of benzene rings is 1. The summed E-state index contributed by atoms with van der Waals surface area (Å²) in [6, 6.07) is 6.76. The molecule has 1 aromatic carbocycles. The van der Waals surface area contributed by atoms with Crippen molar-refractivity contribution in [3.05, 3.63) is 43.1 Å². The topological polar surface area (TPSA) is 58.2 Å². The Morgan fingerprint density at radius 2 is 2.10 bits per heavy atom. The van der Waals surface area contributed by atoms with E-state index in [1.807, 2.05) is 0 Å². The monoisotopic (exact) mass is 442 g/mol. The van der Waals surface area contributed by atoms with Crippen LogP contribution in [-0.2, 0) is 16.6 Å². The second-order valence-electron chi connectivity index (χ2n) is 3.97. The fourth-order valence-electron chi connectivity index (χ4n) is 1.63. The van der Waals surface area contributed by atoms with Gasteiger partial charge in [0.15, 0.2) is 0 Å². The van der Waals surface area contributed by atoms with Crippen LogP contribution in [0.25, 0.3) is 0 Å². The predicted molar refractivity (Wildman–Crippen MR) is 92.1 cm³/mol. The Bertz CT molecular complexity index is 716. The van der Waals surface area contributed by atoms with E-state index >= 15 is 0 Å². The van der Waals surface area contributed by atoms with E-state index in [1.54, 1.807) is 36.7 Å². The molecule has 0 radical (unpaired) electrons. The van der Waals surface area contributed by atoms with E-state index in [1.165, 1.54) is 11.3 Å². The largest absolute Gasteiger partial charge is 0.315 e. The van der Waals surface area contributed by atoms with Gasteiger partial charge in [0.1, 0.15) is 4.90 Å². The molecular formula is C12H12ClIN2O2S2. The first kappa shape index (κ1) is 16.0. The molecule has 0 atom stereocenters. The molecule has 0 aliphatic rings. The molecule has 0 spiro atoms. The van der Waals surface area contributed by atoms with Crippen molar-refractivity contribution in [1.29, 1.82) is 0 Å². The molecule has 20 heavy (non-hydrogen) atoms. The van der Waals surface area contributed by atoms with Gasteiger partial charge in [0.2, 0.25) is 0 Å². The van der Waals surface area contributed by atoms with Gasteiger partial charge in [0.25, 0.3) is 10.0 Å². The molecule has 8 heteroatoms. The summed E-state index contributed by atoms with van der Waals surface area (Å²) in [7, 11) is -1.85. The highest BCUT2D eigenvalue weighted by Crippen LogP contribution is 2.28. The van der Waals surface area contributed by atoms with Crippen LogP contribution in [0.2, 0.25) is 5.02 Å². The van der Waals surface area contributed by atoms with Gasteiger partial charge in [-0.1, -0.05) is 11.6 Å². The molecule has 1 heterocycles. The van der Waals surface area contributed by atoms with Gasteiger partial charge in [0.05, 0.1) is 10.7 Å². The SMILES string of the molecule is CNCc1sccc1S(=O)(=O)Nc1ccc(I)cc1Cl. The van der Waals surface area contributed by atoms with Crippen molar-refractivity contribution < 1.29 is 8.42 Å². The van der Waals surface area contributed by atoms with E-state index in [-0.39, 0.29) is 4.90 Å². The number of rotatable bonds is 5. The van der Waals surface area contributed by atoms with Gasteiger partial charge in [-0.15, -0.1) is 11.3 Å². The maximum Gasteiger partial charge on any atom is 0.263 e. The zero-order chi connectivity index (χ0) is 14.8. The summed E-state index contributed by atoms with van der Waals surface area (Å²) in [6.45, 7) is 0.508. The number of nitrogens with one attached hydrogen (secondary N) is 2. The van der Waals surface area contributed by atoms with Crippen molar-refractivity contribution in [2.45, 2.75) is 11.4 Å². The van der Waals surface area contributed by atoms with Crippen molar-refractivity contribution in [2.75, 3.05) is 11.8 Å². The second-order valence-corrected chi connectivity index (χ2v) is 8.27. The minimum atomic E-state index is -3.62. The third-order valence-corrected chi connectivity index (χ3v) is 5.99. The Hall–Kier alpha value is -0.350. The average molecular weight is 443 g/mol. The minimum Gasteiger partial charge on any atom is -0.315 e. The van der Waals surface area contributed by atoms with E-state index in [9.17, 15) is 8.42 Å². The fraction of sp³-hybridized carbons (Fsp3) is 0.167. The second kappa shape index (κ2) is 6.61.